The molecule has 0 unspecified atom stereocenters. The van der Waals surface area contributed by atoms with Gasteiger partial charge in [0.05, 0.1) is 6.61 Å². The van der Waals surface area contributed by atoms with Crippen molar-refractivity contribution in [2.75, 3.05) is 13.2 Å². The lowest BCUT2D eigenvalue weighted by molar-refractivity contribution is 0.335. The summed E-state index contributed by atoms with van der Waals surface area (Å²) in [7, 11) is 0. The first-order chi connectivity index (χ1) is 7.74. The fraction of sp³-hybridized carbons (Fsp3) is 0.429. The van der Waals surface area contributed by atoms with E-state index in [9.17, 15) is 0 Å². The third kappa shape index (κ3) is 4.49. The van der Waals surface area contributed by atoms with Crippen molar-refractivity contribution in [1.29, 1.82) is 0 Å². The van der Waals surface area contributed by atoms with Gasteiger partial charge in [-0.05, 0) is 26.8 Å². The fourth-order valence-corrected chi connectivity index (χ4v) is 1.43. The van der Waals surface area contributed by atoms with Gasteiger partial charge in [-0.2, -0.15) is 0 Å². The summed E-state index contributed by atoms with van der Waals surface area (Å²) in [4.78, 5) is 0. The van der Waals surface area contributed by atoms with Gasteiger partial charge in [-0.25, -0.2) is 0 Å². The molecule has 2 nitrogen and oxygen atoms in total. The molecule has 1 N–H and O–H groups in total. The quantitative estimate of drug-likeness (QED) is 0.586. The average Bonchev–Trinajstić information content (AvgIpc) is 2.26. The first kappa shape index (κ1) is 12.8. The Kier molecular flexibility index (Phi) is 5.65. The molecule has 0 aliphatic rings. The minimum atomic E-state index is 0.713. The Balaban J connectivity index is 2.49. The van der Waals surface area contributed by atoms with Crippen molar-refractivity contribution < 1.29 is 4.74 Å². The second-order valence-electron chi connectivity index (χ2n) is 3.95. The summed E-state index contributed by atoms with van der Waals surface area (Å²) in [5.74, 6) is 0.981. The monoisotopic (exact) mass is 219 g/mol. The van der Waals surface area contributed by atoms with Gasteiger partial charge in [-0.1, -0.05) is 29.8 Å². The van der Waals surface area contributed by atoms with Crippen LogP contribution in [0.1, 0.15) is 26.3 Å². The molecule has 0 heterocycles. The molecule has 1 aromatic carbocycles. The van der Waals surface area contributed by atoms with Crippen molar-refractivity contribution in [2.45, 2.75) is 27.3 Å². The van der Waals surface area contributed by atoms with E-state index in [1.807, 2.05) is 25.1 Å². The number of ether oxygens (including phenoxy) is 1. The molecule has 0 aromatic heterocycles. The Morgan fingerprint density at radius 1 is 1.31 bits per heavy atom. The third-order valence-corrected chi connectivity index (χ3v) is 2.24. The van der Waals surface area contributed by atoms with Crippen molar-refractivity contribution in [3.8, 4) is 5.75 Å². The first-order valence-electron chi connectivity index (χ1n) is 5.78. The van der Waals surface area contributed by atoms with Gasteiger partial charge in [0, 0.05) is 18.7 Å². The second kappa shape index (κ2) is 7.07. The molecule has 1 aromatic rings. The van der Waals surface area contributed by atoms with E-state index in [0.717, 1.165) is 18.8 Å². The van der Waals surface area contributed by atoms with Crippen LogP contribution < -0.4 is 10.1 Å². The van der Waals surface area contributed by atoms with Crippen LogP contribution in [0, 0.1) is 0 Å². The molecule has 0 aliphatic heterocycles. The molecule has 88 valence electrons. The molecule has 0 atom stereocenters. The van der Waals surface area contributed by atoms with E-state index in [4.69, 9.17) is 4.74 Å². The van der Waals surface area contributed by atoms with Gasteiger partial charge < -0.3 is 10.1 Å². The zero-order chi connectivity index (χ0) is 11.8. The summed E-state index contributed by atoms with van der Waals surface area (Å²) in [6, 6.07) is 8.16. The average molecular weight is 219 g/mol. The minimum absolute atomic E-state index is 0.713. The molecule has 0 fully saturated rings. The molecule has 0 radical (unpaired) electrons. The number of nitrogens with one attached hydrogen (secondary N) is 1. The van der Waals surface area contributed by atoms with Crippen LogP contribution >= 0.6 is 0 Å². The summed E-state index contributed by atoms with van der Waals surface area (Å²) in [5, 5.41) is 3.38. The van der Waals surface area contributed by atoms with E-state index in [1.165, 1.54) is 11.1 Å². The smallest absolute Gasteiger partial charge is 0.123 e. The number of benzene rings is 1. The summed E-state index contributed by atoms with van der Waals surface area (Å²) >= 11 is 0. The SMILES string of the molecule is CCOc1ccccc1CNCC=C(C)C. The van der Waals surface area contributed by atoms with Crippen molar-refractivity contribution in [3.05, 3.63) is 41.5 Å². The number of hydrogen-bond donors (Lipinski definition) is 1. The van der Waals surface area contributed by atoms with Crippen molar-refractivity contribution in [1.82, 2.24) is 5.32 Å². The maximum Gasteiger partial charge on any atom is 0.123 e. The second-order valence-corrected chi connectivity index (χ2v) is 3.95. The highest BCUT2D eigenvalue weighted by molar-refractivity contribution is 5.33. The molecule has 0 aliphatic carbocycles. The number of para-hydroxylation sites is 1. The maximum absolute atomic E-state index is 5.56. The highest BCUT2D eigenvalue weighted by Crippen LogP contribution is 2.17. The van der Waals surface area contributed by atoms with E-state index in [-0.39, 0.29) is 0 Å². The number of hydrogen-bond acceptors (Lipinski definition) is 2. The van der Waals surface area contributed by atoms with Gasteiger partial charge >= 0.3 is 0 Å². The lowest BCUT2D eigenvalue weighted by Crippen LogP contribution is -2.14. The molecule has 0 bridgehead atoms. The molecule has 1 rings (SSSR count). The van der Waals surface area contributed by atoms with Crippen LogP contribution in [-0.2, 0) is 6.54 Å². The molecule has 0 saturated heterocycles. The van der Waals surface area contributed by atoms with Crippen LogP contribution in [0.4, 0.5) is 0 Å². The lowest BCUT2D eigenvalue weighted by Gasteiger charge is -2.10. The van der Waals surface area contributed by atoms with E-state index in [0.29, 0.717) is 6.61 Å². The maximum atomic E-state index is 5.56. The van der Waals surface area contributed by atoms with Crippen LogP contribution in [0.15, 0.2) is 35.9 Å². The summed E-state index contributed by atoms with van der Waals surface area (Å²) in [6.45, 7) is 8.69. The normalized spacial score (nSPS) is 9.94. The molecule has 0 amide bonds. The Labute approximate surface area is 98.3 Å². The number of allylic oxidation sites excluding steroid dienone is 1. The summed E-state index contributed by atoms with van der Waals surface area (Å²) < 4.78 is 5.56. The van der Waals surface area contributed by atoms with Gasteiger partial charge in [0.25, 0.3) is 0 Å². The molecule has 0 saturated carbocycles. The Morgan fingerprint density at radius 2 is 2.06 bits per heavy atom. The van der Waals surface area contributed by atoms with E-state index in [1.54, 1.807) is 0 Å². The van der Waals surface area contributed by atoms with Crippen molar-refractivity contribution >= 4 is 0 Å². The van der Waals surface area contributed by atoms with E-state index in [2.05, 4.69) is 31.3 Å². The molecular weight excluding hydrogens is 198 g/mol. The largest absolute Gasteiger partial charge is 0.494 e. The standard InChI is InChI=1S/C14H21NO/c1-4-16-14-8-6-5-7-13(14)11-15-10-9-12(2)3/h5-9,15H,4,10-11H2,1-3H3. The third-order valence-electron chi connectivity index (χ3n) is 2.24. The van der Waals surface area contributed by atoms with Crippen LogP contribution in [0.3, 0.4) is 0 Å². The van der Waals surface area contributed by atoms with Gasteiger partial charge in [0.2, 0.25) is 0 Å². The van der Waals surface area contributed by atoms with Gasteiger partial charge in [0.15, 0.2) is 0 Å². The number of rotatable bonds is 6. The van der Waals surface area contributed by atoms with Crippen LogP contribution in [0.2, 0.25) is 0 Å². The highest BCUT2D eigenvalue weighted by Gasteiger charge is 2.00. The summed E-state index contributed by atoms with van der Waals surface area (Å²) in [6.07, 6.45) is 2.18. The predicted molar refractivity (Wildman–Crippen MR) is 68.7 cm³/mol. The molecule has 16 heavy (non-hydrogen) atoms. The van der Waals surface area contributed by atoms with Gasteiger partial charge in [-0.3, -0.25) is 0 Å². The van der Waals surface area contributed by atoms with Crippen LogP contribution in [0.25, 0.3) is 0 Å². The van der Waals surface area contributed by atoms with E-state index >= 15 is 0 Å². The Bertz CT molecular complexity index is 340. The van der Waals surface area contributed by atoms with Crippen LogP contribution in [-0.4, -0.2) is 13.2 Å². The van der Waals surface area contributed by atoms with Gasteiger partial charge in [-0.15, -0.1) is 0 Å². The molecular formula is C14H21NO. The van der Waals surface area contributed by atoms with Crippen molar-refractivity contribution in [3.63, 3.8) is 0 Å². The van der Waals surface area contributed by atoms with Gasteiger partial charge in [0.1, 0.15) is 5.75 Å². The molecule has 0 spiro atoms. The lowest BCUT2D eigenvalue weighted by atomic mass is 10.2. The Hall–Kier alpha value is -1.28. The topological polar surface area (TPSA) is 21.3 Å². The minimum Gasteiger partial charge on any atom is -0.494 e. The predicted octanol–water partition coefficient (Wildman–Crippen LogP) is 3.14. The molecule has 2 heteroatoms. The van der Waals surface area contributed by atoms with Crippen molar-refractivity contribution in [2.24, 2.45) is 0 Å². The highest BCUT2D eigenvalue weighted by atomic mass is 16.5. The van der Waals surface area contributed by atoms with Crippen LogP contribution in [0.5, 0.6) is 5.75 Å². The zero-order valence-electron chi connectivity index (χ0n) is 10.4. The summed E-state index contributed by atoms with van der Waals surface area (Å²) in [5.41, 5.74) is 2.55. The zero-order valence-corrected chi connectivity index (χ0v) is 10.4. The Morgan fingerprint density at radius 3 is 2.75 bits per heavy atom. The first-order valence-corrected chi connectivity index (χ1v) is 5.78. The fourth-order valence-electron chi connectivity index (χ4n) is 1.43. The van der Waals surface area contributed by atoms with E-state index < -0.39 is 0 Å².